The molecule has 0 bridgehead atoms. The van der Waals surface area contributed by atoms with Crippen molar-refractivity contribution in [3.63, 3.8) is 0 Å². The molecule has 0 aliphatic heterocycles. The van der Waals surface area contributed by atoms with Gasteiger partial charge in [0.2, 0.25) is 0 Å². The molecule has 0 amide bonds. The van der Waals surface area contributed by atoms with Gasteiger partial charge in [0.05, 0.1) is 6.20 Å². The summed E-state index contributed by atoms with van der Waals surface area (Å²) in [6.45, 7) is 3.05. The van der Waals surface area contributed by atoms with Crippen molar-refractivity contribution in [2.24, 2.45) is 0 Å². The lowest BCUT2D eigenvalue weighted by Gasteiger charge is -1.91. The van der Waals surface area contributed by atoms with E-state index in [0.717, 1.165) is 18.7 Å². The van der Waals surface area contributed by atoms with Crippen LogP contribution >= 0.6 is 15.9 Å². The maximum Gasteiger partial charge on any atom is 0.106 e. The molecule has 0 radical (unpaired) electrons. The van der Waals surface area contributed by atoms with E-state index in [-0.39, 0.29) is 0 Å². The fraction of sp³-hybridized carbons (Fsp3) is 0.429. The largest absolute Gasteiger partial charge is 0.252 e. The van der Waals surface area contributed by atoms with Crippen LogP contribution < -0.4 is 0 Å². The fourth-order valence-corrected chi connectivity index (χ4v) is 1.06. The average Bonchev–Trinajstić information content (AvgIpc) is 2.38. The van der Waals surface area contributed by atoms with Crippen LogP contribution in [0.25, 0.3) is 6.08 Å². The second-order valence-electron chi connectivity index (χ2n) is 2.20. The number of aromatic nitrogens is 3. The summed E-state index contributed by atoms with van der Waals surface area (Å²) in [5, 5.41) is 7.84. The van der Waals surface area contributed by atoms with Crippen molar-refractivity contribution in [2.45, 2.75) is 19.9 Å². The molecular weight excluding hydrogens is 206 g/mol. The molecule has 3 nitrogen and oxygen atoms in total. The predicted molar refractivity (Wildman–Crippen MR) is 48.3 cm³/mol. The Hall–Kier alpha value is -0.640. The van der Waals surface area contributed by atoms with Gasteiger partial charge in [-0.15, -0.1) is 5.10 Å². The van der Waals surface area contributed by atoms with Crippen LogP contribution in [0.15, 0.2) is 11.2 Å². The van der Waals surface area contributed by atoms with Crippen molar-refractivity contribution in [1.29, 1.82) is 0 Å². The van der Waals surface area contributed by atoms with Gasteiger partial charge in [-0.05, 0) is 17.5 Å². The molecule has 1 rings (SSSR count). The number of aryl methyl sites for hydroxylation is 1. The summed E-state index contributed by atoms with van der Waals surface area (Å²) < 4.78 is 1.84. The number of halogens is 1. The lowest BCUT2D eigenvalue weighted by molar-refractivity contribution is 0.579. The summed E-state index contributed by atoms with van der Waals surface area (Å²) in [4.78, 5) is 1.77. The maximum absolute atomic E-state index is 3.92. The lowest BCUT2D eigenvalue weighted by Crippen LogP contribution is -1.96. The van der Waals surface area contributed by atoms with E-state index >= 15 is 0 Å². The van der Waals surface area contributed by atoms with Gasteiger partial charge in [0.15, 0.2) is 0 Å². The summed E-state index contributed by atoms with van der Waals surface area (Å²) in [7, 11) is 0. The predicted octanol–water partition coefficient (Wildman–Crippen LogP) is 2.05. The van der Waals surface area contributed by atoms with Gasteiger partial charge in [-0.3, -0.25) is 4.68 Å². The Balaban J connectivity index is 2.65. The smallest absolute Gasteiger partial charge is 0.106 e. The first-order valence-electron chi connectivity index (χ1n) is 3.53. The van der Waals surface area contributed by atoms with Gasteiger partial charge in [0, 0.05) is 6.54 Å². The topological polar surface area (TPSA) is 30.7 Å². The molecule has 4 heteroatoms. The van der Waals surface area contributed by atoms with Crippen molar-refractivity contribution >= 4 is 22.0 Å². The van der Waals surface area contributed by atoms with Gasteiger partial charge >= 0.3 is 0 Å². The molecule has 1 aromatic rings. The molecule has 60 valence electrons. The Morgan fingerprint density at radius 1 is 1.73 bits per heavy atom. The Labute approximate surface area is 74.2 Å². The van der Waals surface area contributed by atoms with Gasteiger partial charge in [-0.25, -0.2) is 0 Å². The second-order valence-corrected chi connectivity index (χ2v) is 2.73. The second kappa shape index (κ2) is 4.28. The molecule has 0 fully saturated rings. The van der Waals surface area contributed by atoms with Crippen molar-refractivity contribution < 1.29 is 0 Å². The number of hydrogen-bond donors (Lipinski definition) is 0. The third-order valence-electron chi connectivity index (χ3n) is 1.24. The molecule has 0 N–H and O–H groups in total. The van der Waals surface area contributed by atoms with Gasteiger partial charge in [0.25, 0.3) is 0 Å². The van der Waals surface area contributed by atoms with Gasteiger partial charge in [0.1, 0.15) is 5.69 Å². The van der Waals surface area contributed by atoms with E-state index in [4.69, 9.17) is 0 Å². The Kier molecular flexibility index (Phi) is 3.29. The van der Waals surface area contributed by atoms with Crippen LogP contribution in [0.3, 0.4) is 0 Å². The summed E-state index contributed by atoms with van der Waals surface area (Å²) in [6, 6.07) is 0. The number of rotatable bonds is 3. The molecule has 1 heterocycles. The van der Waals surface area contributed by atoms with Crippen LogP contribution in [0.5, 0.6) is 0 Å². The van der Waals surface area contributed by atoms with E-state index in [1.165, 1.54) is 0 Å². The van der Waals surface area contributed by atoms with Crippen LogP contribution in [-0.2, 0) is 6.54 Å². The average molecular weight is 216 g/mol. The summed E-state index contributed by atoms with van der Waals surface area (Å²) >= 11 is 3.18. The minimum absolute atomic E-state index is 0.885. The van der Waals surface area contributed by atoms with E-state index < -0.39 is 0 Å². The first kappa shape index (κ1) is 8.46. The van der Waals surface area contributed by atoms with Gasteiger partial charge < -0.3 is 0 Å². The highest BCUT2D eigenvalue weighted by Gasteiger charge is 1.93. The first-order valence-corrected chi connectivity index (χ1v) is 4.45. The van der Waals surface area contributed by atoms with E-state index in [1.54, 1.807) is 4.99 Å². The molecule has 0 spiro atoms. The highest BCUT2D eigenvalue weighted by Crippen LogP contribution is 1.98. The van der Waals surface area contributed by atoms with Crippen LogP contribution in [0.4, 0.5) is 0 Å². The van der Waals surface area contributed by atoms with E-state index in [0.29, 0.717) is 0 Å². The third kappa shape index (κ3) is 2.46. The minimum Gasteiger partial charge on any atom is -0.252 e. The normalized spacial score (nSPS) is 11.1. The van der Waals surface area contributed by atoms with Crippen molar-refractivity contribution in [1.82, 2.24) is 15.0 Å². The number of hydrogen-bond acceptors (Lipinski definition) is 2. The van der Waals surface area contributed by atoms with E-state index in [2.05, 4.69) is 33.2 Å². The monoisotopic (exact) mass is 215 g/mol. The first-order chi connectivity index (χ1) is 5.36. The SMILES string of the molecule is CCCn1cc(/C=C/Br)nn1. The van der Waals surface area contributed by atoms with Crippen LogP contribution in [0, 0.1) is 0 Å². The van der Waals surface area contributed by atoms with E-state index in [9.17, 15) is 0 Å². The molecule has 0 aliphatic rings. The molecule has 0 aromatic carbocycles. The van der Waals surface area contributed by atoms with Crippen molar-refractivity contribution in [2.75, 3.05) is 0 Å². The third-order valence-corrected chi connectivity index (χ3v) is 1.51. The lowest BCUT2D eigenvalue weighted by atomic mass is 10.4. The van der Waals surface area contributed by atoms with Crippen LogP contribution in [0.1, 0.15) is 19.0 Å². The Morgan fingerprint density at radius 2 is 2.55 bits per heavy atom. The maximum atomic E-state index is 3.92. The van der Waals surface area contributed by atoms with Gasteiger partial charge in [-0.2, -0.15) is 0 Å². The molecule has 0 aliphatic carbocycles. The minimum atomic E-state index is 0.885. The summed E-state index contributed by atoms with van der Waals surface area (Å²) in [6.07, 6.45) is 4.86. The quantitative estimate of drug-likeness (QED) is 0.774. The van der Waals surface area contributed by atoms with E-state index in [1.807, 2.05) is 17.0 Å². The Bertz CT molecular complexity index is 242. The highest BCUT2D eigenvalue weighted by molar-refractivity contribution is 9.11. The van der Waals surface area contributed by atoms with Gasteiger partial charge in [-0.1, -0.05) is 28.1 Å². The molecule has 1 aromatic heterocycles. The van der Waals surface area contributed by atoms with Crippen LogP contribution in [-0.4, -0.2) is 15.0 Å². The Morgan fingerprint density at radius 3 is 3.18 bits per heavy atom. The zero-order valence-corrected chi connectivity index (χ0v) is 7.95. The van der Waals surface area contributed by atoms with Crippen LogP contribution in [0.2, 0.25) is 0 Å². The molecule has 11 heavy (non-hydrogen) atoms. The molecule has 0 saturated carbocycles. The highest BCUT2D eigenvalue weighted by atomic mass is 79.9. The zero-order valence-electron chi connectivity index (χ0n) is 6.37. The fourth-order valence-electron chi connectivity index (χ4n) is 0.793. The molecule has 0 atom stereocenters. The van der Waals surface area contributed by atoms with Crippen molar-refractivity contribution in [3.05, 3.63) is 16.9 Å². The zero-order chi connectivity index (χ0) is 8.10. The standard InChI is InChI=1S/C7H10BrN3/c1-2-5-11-6-7(3-4-8)9-10-11/h3-4,6H,2,5H2,1H3/b4-3+. The molecule has 0 saturated heterocycles. The summed E-state index contributed by atoms with van der Waals surface area (Å²) in [5.41, 5.74) is 0.885. The number of nitrogens with zero attached hydrogens (tertiary/aromatic N) is 3. The van der Waals surface area contributed by atoms with Crippen molar-refractivity contribution in [3.8, 4) is 0 Å². The molecular formula is C7H10BrN3. The molecule has 0 unspecified atom stereocenters. The summed E-state index contributed by atoms with van der Waals surface area (Å²) in [5.74, 6) is 0.